The fourth-order valence-electron chi connectivity index (χ4n) is 4.82. The Balaban J connectivity index is 1.65. The lowest BCUT2D eigenvalue weighted by molar-refractivity contribution is -0.119. The predicted molar refractivity (Wildman–Crippen MR) is 150 cm³/mol. The SMILES string of the molecule is COCC(=O)Nc1cc(N2C(=S)NC(c3ccccn3)C2c2ccc(C)n2-c2cccnc2)ccc1OC. The molecule has 9 nitrogen and oxygen atoms in total. The van der Waals surface area contributed by atoms with E-state index in [9.17, 15) is 4.79 Å². The first kappa shape index (κ1) is 25.4. The van der Waals surface area contributed by atoms with Crippen molar-refractivity contribution in [3.05, 3.63) is 96.3 Å². The Morgan fingerprint density at radius 1 is 1.08 bits per heavy atom. The number of anilines is 2. The van der Waals surface area contributed by atoms with Gasteiger partial charge in [-0.15, -0.1) is 0 Å². The van der Waals surface area contributed by atoms with Crippen LogP contribution in [0.3, 0.4) is 0 Å². The molecule has 0 aliphatic carbocycles. The summed E-state index contributed by atoms with van der Waals surface area (Å²) in [6.45, 7) is 1.99. The fourth-order valence-corrected chi connectivity index (χ4v) is 5.17. The minimum Gasteiger partial charge on any atom is -0.495 e. The average Bonchev–Trinajstić information content (AvgIpc) is 3.48. The first-order chi connectivity index (χ1) is 18.5. The van der Waals surface area contributed by atoms with Crippen LogP contribution >= 0.6 is 12.2 Å². The number of hydrogen-bond acceptors (Lipinski definition) is 6. The van der Waals surface area contributed by atoms with E-state index in [0.717, 1.165) is 28.5 Å². The molecule has 0 saturated carbocycles. The van der Waals surface area contributed by atoms with Crippen LogP contribution in [-0.4, -0.2) is 46.4 Å². The number of aryl methyl sites for hydroxylation is 1. The number of hydrogen-bond donors (Lipinski definition) is 2. The summed E-state index contributed by atoms with van der Waals surface area (Å²) in [6, 6.07) is 19.1. The van der Waals surface area contributed by atoms with E-state index < -0.39 is 0 Å². The summed E-state index contributed by atoms with van der Waals surface area (Å²) in [5, 5.41) is 6.91. The van der Waals surface area contributed by atoms with Crippen LogP contribution in [0.2, 0.25) is 0 Å². The Bertz CT molecular complexity index is 1440. The molecule has 0 radical (unpaired) electrons. The molecule has 1 saturated heterocycles. The van der Waals surface area contributed by atoms with Gasteiger partial charge in [0.25, 0.3) is 0 Å². The number of carbonyl (C=O) groups is 1. The first-order valence-electron chi connectivity index (χ1n) is 12.1. The molecule has 1 aliphatic heterocycles. The molecule has 0 spiro atoms. The molecular formula is C28H28N6O3S. The monoisotopic (exact) mass is 528 g/mol. The minimum atomic E-state index is -0.283. The molecule has 5 rings (SSSR count). The number of thiocarbonyl (C=S) groups is 1. The number of nitrogens with one attached hydrogen (secondary N) is 2. The van der Waals surface area contributed by atoms with Gasteiger partial charge in [0, 0.05) is 36.6 Å². The van der Waals surface area contributed by atoms with Crippen molar-refractivity contribution in [3.63, 3.8) is 0 Å². The van der Waals surface area contributed by atoms with Gasteiger partial charge in [-0.3, -0.25) is 14.8 Å². The van der Waals surface area contributed by atoms with Crippen LogP contribution in [0, 0.1) is 6.92 Å². The third-order valence-corrected chi connectivity index (χ3v) is 6.74. The summed E-state index contributed by atoms with van der Waals surface area (Å²) in [4.78, 5) is 23.4. The summed E-state index contributed by atoms with van der Waals surface area (Å²) < 4.78 is 12.7. The number of nitrogens with zero attached hydrogens (tertiary/aromatic N) is 4. The van der Waals surface area contributed by atoms with Crippen LogP contribution < -0.4 is 20.3 Å². The summed E-state index contributed by atoms with van der Waals surface area (Å²) in [5.41, 5.74) is 5.20. The lowest BCUT2D eigenvalue weighted by Crippen LogP contribution is -2.30. The third kappa shape index (κ3) is 4.83. The van der Waals surface area contributed by atoms with E-state index in [0.29, 0.717) is 16.5 Å². The molecule has 3 aromatic heterocycles. The molecule has 2 N–H and O–H groups in total. The van der Waals surface area contributed by atoms with Crippen LogP contribution in [0.1, 0.15) is 29.2 Å². The Morgan fingerprint density at radius 3 is 2.66 bits per heavy atom. The molecule has 1 aliphatic rings. The molecule has 2 atom stereocenters. The Labute approximate surface area is 226 Å². The normalized spacial score (nSPS) is 16.8. The number of methoxy groups -OCH3 is 2. The van der Waals surface area contributed by atoms with Crippen LogP contribution in [-0.2, 0) is 9.53 Å². The molecular weight excluding hydrogens is 500 g/mol. The highest BCUT2D eigenvalue weighted by Gasteiger charge is 2.42. The largest absolute Gasteiger partial charge is 0.495 e. The molecule has 10 heteroatoms. The maximum atomic E-state index is 12.3. The molecule has 4 aromatic rings. The van der Waals surface area contributed by atoms with Gasteiger partial charge in [-0.05, 0) is 73.7 Å². The average molecular weight is 529 g/mol. The highest BCUT2D eigenvalue weighted by molar-refractivity contribution is 7.80. The minimum absolute atomic E-state index is 0.0701. The Morgan fingerprint density at radius 2 is 1.95 bits per heavy atom. The van der Waals surface area contributed by atoms with Crippen LogP contribution in [0.25, 0.3) is 5.69 Å². The first-order valence-corrected chi connectivity index (χ1v) is 12.5. The van der Waals surface area contributed by atoms with E-state index in [2.05, 4.69) is 49.1 Å². The molecule has 1 aromatic carbocycles. The lowest BCUT2D eigenvalue weighted by Gasteiger charge is -2.30. The topological polar surface area (TPSA) is 93.5 Å². The molecule has 38 heavy (non-hydrogen) atoms. The van der Waals surface area contributed by atoms with E-state index in [4.69, 9.17) is 21.7 Å². The van der Waals surface area contributed by atoms with E-state index in [1.54, 1.807) is 19.5 Å². The summed E-state index contributed by atoms with van der Waals surface area (Å²) >= 11 is 5.90. The fraction of sp³-hybridized carbons (Fsp3) is 0.214. The van der Waals surface area contributed by atoms with Crippen molar-refractivity contribution in [1.82, 2.24) is 19.9 Å². The summed E-state index contributed by atoms with van der Waals surface area (Å²) in [5.74, 6) is 0.248. The van der Waals surface area contributed by atoms with Gasteiger partial charge in [-0.2, -0.15) is 0 Å². The number of benzene rings is 1. The Kier molecular flexibility index (Phi) is 7.34. The maximum Gasteiger partial charge on any atom is 0.250 e. The predicted octanol–water partition coefficient (Wildman–Crippen LogP) is 4.35. The zero-order valence-corrected chi connectivity index (χ0v) is 22.1. The van der Waals surface area contributed by atoms with Crippen molar-refractivity contribution >= 4 is 34.6 Å². The number of ether oxygens (including phenoxy) is 2. The van der Waals surface area contributed by atoms with E-state index in [1.807, 2.05) is 54.7 Å². The van der Waals surface area contributed by atoms with Gasteiger partial charge in [0.15, 0.2) is 5.11 Å². The smallest absolute Gasteiger partial charge is 0.250 e. The van der Waals surface area contributed by atoms with E-state index >= 15 is 0 Å². The van der Waals surface area contributed by atoms with Gasteiger partial charge in [-0.1, -0.05) is 6.07 Å². The second kappa shape index (κ2) is 11.0. The highest BCUT2D eigenvalue weighted by Crippen LogP contribution is 2.44. The van der Waals surface area contributed by atoms with Gasteiger partial charge in [0.2, 0.25) is 5.91 Å². The number of rotatable bonds is 8. The third-order valence-electron chi connectivity index (χ3n) is 6.42. The Hall–Kier alpha value is -4.28. The van der Waals surface area contributed by atoms with E-state index in [-0.39, 0.29) is 24.6 Å². The molecule has 2 unspecified atom stereocenters. The zero-order chi connectivity index (χ0) is 26.6. The molecule has 1 amide bonds. The van der Waals surface area contributed by atoms with Crippen molar-refractivity contribution in [3.8, 4) is 11.4 Å². The number of pyridine rings is 2. The van der Waals surface area contributed by atoms with Gasteiger partial charge in [0.05, 0.1) is 36.4 Å². The van der Waals surface area contributed by atoms with Gasteiger partial charge in [-0.25, -0.2) is 0 Å². The van der Waals surface area contributed by atoms with Gasteiger partial charge in [0.1, 0.15) is 18.4 Å². The quantitative estimate of drug-likeness (QED) is 0.326. The van der Waals surface area contributed by atoms with Gasteiger partial charge < -0.3 is 29.6 Å². The van der Waals surface area contributed by atoms with E-state index in [1.165, 1.54) is 7.11 Å². The van der Waals surface area contributed by atoms with Crippen LogP contribution in [0.4, 0.5) is 11.4 Å². The molecule has 0 bridgehead atoms. The summed E-state index contributed by atoms with van der Waals surface area (Å²) in [6.07, 6.45) is 5.38. The standard InChI is InChI=1S/C28H28N6O3S/c1-18-9-11-23(33(18)20-7-6-13-29-16-20)27-26(21-8-4-5-14-30-21)32-28(38)34(27)19-10-12-24(37-3)22(15-19)31-25(35)17-36-2/h4-16,26-27H,17H2,1-3H3,(H,31,35)(H,32,38). The summed E-state index contributed by atoms with van der Waals surface area (Å²) in [7, 11) is 3.04. The zero-order valence-electron chi connectivity index (χ0n) is 21.3. The van der Waals surface area contributed by atoms with Crippen molar-refractivity contribution in [2.75, 3.05) is 31.0 Å². The number of carbonyl (C=O) groups excluding carboxylic acids is 1. The lowest BCUT2D eigenvalue weighted by atomic mass is 10.0. The second-order valence-electron chi connectivity index (χ2n) is 8.81. The van der Waals surface area contributed by atoms with Crippen molar-refractivity contribution in [2.45, 2.75) is 19.0 Å². The van der Waals surface area contributed by atoms with Crippen LogP contribution in [0.5, 0.6) is 5.75 Å². The van der Waals surface area contributed by atoms with Crippen molar-refractivity contribution < 1.29 is 14.3 Å². The number of aromatic nitrogens is 3. The highest BCUT2D eigenvalue weighted by atomic mass is 32.1. The van der Waals surface area contributed by atoms with Gasteiger partial charge >= 0.3 is 0 Å². The molecule has 194 valence electrons. The van der Waals surface area contributed by atoms with Crippen molar-refractivity contribution in [1.29, 1.82) is 0 Å². The molecule has 4 heterocycles. The van der Waals surface area contributed by atoms with Crippen LogP contribution in [0.15, 0.2) is 79.3 Å². The van der Waals surface area contributed by atoms with Crippen molar-refractivity contribution in [2.24, 2.45) is 0 Å². The maximum absolute atomic E-state index is 12.3. The number of amides is 1. The molecule has 1 fully saturated rings. The second-order valence-corrected chi connectivity index (χ2v) is 9.20.